The van der Waals surface area contributed by atoms with Crippen LogP contribution in [0.15, 0.2) is 59.5 Å². The van der Waals surface area contributed by atoms with E-state index in [-0.39, 0.29) is 17.5 Å². The van der Waals surface area contributed by atoms with Gasteiger partial charge in [-0.3, -0.25) is 14.8 Å². The molecule has 0 atom stereocenters. The van der Waals surface area contributed by atoms with Crippen molar-refractivity contribution < 1.29 is 4.79 Å². The number of para-hydroxylation sites is 1. The Morgan fingerprint density at radius 3 is 2.52 bits per heavy atom. The quantitative estimate of drug-likeness (QED) is 0.767. The number of carbonyl (C=O) groups is 1. The summed E-state index contributed by atoms with van der Waals surface area (Å²) in [4.78, 5) is 33.7. The molecular formula is C20H21N5O2. The van der Waals surface area contributed by atoms with Gasteiger partial charge in [-0.1, -0.05) is 24.3 Å². The number of H-pyrrole nitrogens is 1. The summed E-state index contributed by atoms with van der Waals surface area (Å²) in [6.45, 7) is 1.33. The van der Waals surface area contributed by atoms with E-state index >= 15 is 0 Å². The summed E-state index contributed by atoms with van der Waals surface area (Å²) in [5.74, 6) is 0.942. The number of aromatic amines is 1. The Morgan fingerprint density at radius 1 is 1.07 bits per heavy atom. The van der Waals surface area contributed by atoms with Gasteiger partial charge in [0, 0.05) is 30.9 Å². The highest BCUT2D eigenvalue weighted by atomic mass is 16.2. The topological polar surface area (TPSA) is 83.9 Å². The average Bonchev–Trinajstić information content (AvgIpc) is 3.11. The summed E-state index contributed by atoms with van der Waals surface area (Å²) in [6.07, 6.45) is 3.60. The SMILES string of the molecule is O=C(Cc1ccccn1)N1CCC(c2nn(-c3ccccc3)c(=O)[nH]2)CC1. The van der Waals surface area contributed by atoms with E-state index in [4.69, 9.17) is 0 Å². The van der Waals surface area contributed by atoms with Gasteiger partial charge in [0.2, 0.25) is 5.91 Å². The molecule has 1 aromatic carbocycles. The van der Waals surface area contributed by atoms with Crippen LogP contribution in [-0.4, -0.2) is 43.6 Å². The fourth-order valence-corrected chi connectivity index (χ4v) is 3.44. The predicted molar refractivity (Wildman–Crippen MR) is 101 cm³/mol. The molecule has 1 N–H and O–H groups in total. The Labute approximate surface area is 156 Å². The molecule has 3 aromatic rings. The number of hydrogen-bond acceptors (Lipinski definition) is 4. The lowest BCUT2D eigenvalue weighted by Gasteiger charge is -2.31. The normalized spacial score (nSPS) is 15.0. The third-order valence-electron chi connectivity index (χ3n) is 4.93. The number of carbonyl (C=O) groups excluding carboxylic acids is 1. The molecule has 1 aliphatic rings. The number of nitrogens with zero attached hydrogens (tertiary/aromatic N) is 4. The van der Waals surface area contributed by atoms with E-state index in [2.05, 4.69) is 15.1 Å². The molecule has 1 saturated heterocycles. The standard InChI is InChI=1S/C20H21N5O2/c26-18(14-16-6-4-5-11-21-16)24-12-9-15(10-13-24)19-22-20(27)25(23-19)17-7-2-1-3-8-17/h1-8,11,15H,9-10,12-14H2,(H,22,23,27). The molecule has 0 bridgehead atoms. The summed E-state index contributed by atoms with van der Waals surface area (Å²) in [5, 5.41) is 4.48. The molecule has 7 nitrogen and oxygen atoms in total. The maximum absolute atomic E-state index is 12.5. The van der Waals surface area contributed by atoms with Gasteiger partial charge < -0.3 is 4.90 Å². The van der Waals surface area contributed by atoms with Gasteiger partial charge >= 0.3 is 5.69 Å². The van der Waals surface area contributed by atoms with Crippen molar-refractivity contribution in [3.05, 3.63) is 76.7 Å². The van der Waals surface area contributed by atoms with Crippen molar-refractivity contribution in [3.63, 3.8) is 0 Å². The van der Waals surface area contributed by atoms with Crippen molar-refractivity contribution in [2.45, 2.75) is 25.2 Å². The maximum Gasteiger partial charge on any atom is 0.348 e. The minimum Gasteiger partial charge on any atom is -0.342 e. The van der Waals surface area contributed by atoms with Gasteiger partial charge in [0.15, 0.2) is 0 Å². The Bertz CT molecular complexity index is 957. The first-order valence-electron chi connectivity index (χ1n) is 9.13. The number of rotatable bonds is 4. The Hall–Kier alpha value is -3.22. The minimum atomic E-state index is -0.232. The van der Waals surface area contributed by atoms with Crippen LogP contribution in [0.4, 0.5) is 0 Å². The zero-order valence-electron chi connectivity index (χ0n) is 14.9. The van der Waals surface area contributed by atoms with Gasteiger partial charge in [-0.25, -0.2) is 4.79 Å². The smallest absolute Gasteiger partial charge is 0.342 e. The molecule has 3 heterocycles. The number of nitrogens with one attached hydrogen (secondary N) is 1. The van der Waals surface area contributed by atoms with E-state index < -0.39 is 0 Å². The van der Waals surface area contributed by atoms with Gasteiger partial charge in [0.1, 0.15) is 5.82 Å². The molecule has 0 spiro atoms. The molecule has 7 heteroatoms. The Kier molecular flexibility index (Phi) is 4.82. The lowest BCUT2D eigenvalue weighted by Crippen LogP contribution is -2.39. The van der Waals surface area contributed by atoms with Crippen molar-refractivity contribution in [1.82, 2.24) is 24.6 Å². The summed E-state index contributed by atoms with van der Waals surface area (Å²) in [5.41, 5.74) is 1.30. The second-order valence-corrected chi connectivity index (χ2v) is 6.72. The van der Waals surface area contributed by atoms with Crippen molar-refractivity contribution in [3.8, 4) is 5.69 Å². The predicted octanol–water partition coefficient (Wildman–Crippen LogP) is 1.90. The number of piperidine rings is 1. The first-order valence-corrected chi connectivity index (χ1v) is 9.13. The van der Waals surface area contributed by atoms with E-state index in [1.165, 1.54) is 4.68 Å². The molecule has 138 valence electrons. The second-order valence-electron chi connectivity index (χ2n) is 6.72. The highest BCUT2D eigenvalue weighted by molar-refractivity contribution is 5.78. The van der Waals surface area contributed by atoms with E-state index in [0.29, 0.717) is 25.3 Å². The Balaban J connectivity index is 1.40. The fraction of sp³-hybridized carbons (Fsp3) is 0.300. The van der Waals surface area contributed by atoms with Crippen LogP contribution in [-0.2, 0) is 11.2 Å². The summed E-state index contributed by atoms with van der Waals surface area (Å²) in [6, 6.07) is 15.0. The fourth-order valence-electron chi connectivity index (χ4n) is 3.44. The molecule has 0 aliphatic carbocycles. The number of hydrogen-bond donors (Lipinski definition) is 1. The van der Waals surface area contributed by atoms with Gasteiger partial charge in [0.05, 0.1) is 12.1 Å². The van der Waals surface area contributed by atoms with Crippen molar-refractivity contribution in [2.24, 2.45) is 0 Å². The highest BCUT2D eigenvalue weighted by Gasteiger charge is 2.26. The lowest BCUT2D eigenvalue weighted by molar-refractivity contribution is -0.131. The van der Waals surface area contributed by atoms with Crippen LogP contribution in [0.5, 0.6) is 0 Å². The van der Waals surface area contributed by atoms with Crippen LogP contribution < -0.4 is 5.69 Å². The van der Waals surface area contributed by atoms with Crippen molar-refractivity contribution >= 4 is 5.91 Å². The Morgan fingerprint density at radius 2 is 1.81 bits per heavy atom. The number of pyridine rings is 1. The second kappa shape index (κ2) is 7.57. The summed E-state index contributed by atoms with van der Waals surface area (Å²) >= 11 is 0. The summed E-state index contributed by atoms with van der Waals surface area (Å²) in [7, 11) is 0. The molecule has 4 rings (SSSR count). The molecule has 1 aliphatic heterocycles. The number of benzene rings is 1. The van der Waals surface area contributed by atoms with Crippen LogP contribution in [0.25, 0.3) is 5.69 Å². The zero-order chi connectivity index (χ0) is 18.6. The van der Waals surface area contributed by atoms with Gasteiger partial charge in [-0.2, -0.15) is 4.68 Å². The number of amides is 1. The van der Waals surface area contributed by atoms with Gasteiger partial charge in [-0.15, -0.1) is 5.10 Å². The maximum atomic E-state index is 12.5. The van der Waals surface area contributed by atoms with E-state index in [1.54, 1.807) is 6.20 Å². The van der Waals surface area contributed by atoms with E-state index in [0.717, 1.165) is 24.2 Å². The van der Waals surface area contributed by atoms with E-state index in [1.807, 2.05) is 53.4 Å². The zero-order valence-corrected chi connectivity index (χ0v) is 14.9. The molecule has 0 saturated carbocycles. The molecule has 0 unspecified atom stereocenters. The number of aromatic nitrogens is 4. The van der Waals surface area contributed by atoms with Crippen molar-refractivity contribution in [2.75, 3.05) is 13.1 Å². The molecule has 1 amide bonds. The highest BCUT2D eigenvalue weighted by Crippen LogP contribution is 2.25. The summed E-state index contributed by atoms with van der Waals surface area (Å²) < 4.78 is 1.40. The first kappa shape index (κ1) is 17.2. The minimum absolute atomic E-state index is 0.0930. The third-order valence-corrected chi connectivity index (χ3v) is 4.93. The monoisotopic (exact) mass is 363 g/mol. The molecule has 1 fully saturated rings. The molecule has 2 aromatic heterocycles. The largest absolute Gasteiger partial charge is 0.348 e. The number of likely N-dealkylation sites (tertiary alicyclic amines) is 1. The van der Waals surface area contributed by atoms with Crippen LogP contribution in [0.2, 0.25) is 0 Å². The lowest BCUT2D eigenvalue weighted by atomic mass is 9.96. The van der Waals surface area contributed by atoms with Gasteiger partial charge in [-0.05, 0) is 37.1 Å². The van der Waals surface area contributed by atoms with Crippen LogP contribution >= 0.6 is 0 Å². The first-order chi connectivity index (χ1) is 13.2. The van der Waals surface area contributed by atoms with Crippen LogP contribution in [0, 0.1) is 0 Å². The van der Waals surface area contributed by atoms with Crippen molar-refractivity contribution in [1.29, 1.82) is 0 Å². The molecule has 0 radical (unpaired) electrons. The van der Waals surface area contributed by atoms with Crippen LogP contribution in [0.3, 0.4) is 0 Å². The van der Waals surface area contributed by atoms with E-state index in [9.17, 15) is 9.59 Å². The molecule has 27 heavy (non-hydrogen) atoms. The van der Waals surface area contributed by atoms with Crippen LogP contribution in [0.1, 0.15) is 30.3 Å². The third kappa shape index (κ3) is 3.81. The average molecular weight is 363 g/mol. The molecular weight excluding hydrogens is 342 g/mol. The van der Waals surface area contributed by atoms with Gasteiger partial charge in [0.25, 0.3) is 0 Å².